The summed E-state index contributed by atoms with van der Waals surface area (Å²) in [6.07, 6.45) is -3.16. The molecule has 0 aromatic heterocycles. The van der Waals surface area contributed by atoms with E-state index in [-0.39, 0.29) is 6.61 Å². The largest absolute Gasteiger partial charge is 0.457 e. The number of carbonyl (C=O) groups is 1. The van der Waals surface area contributed by atoms with Crippen molar-refractivity contribution in [2.24, 2.45) is 5.11 Å². The third-order valence-electron chi connectivity index (χ3n) is 6.92. The van der Waals surface area contributed by atoms with Crippen LogP contribution in [0.15, 0.2) is 96.1 Å². The number of carbonyl (C=O) groups excluding carboxylic acids is 1. The van der Waals surface area contributed by atoms with Gasteiger partial charge in [0.1, 0.15) is 11.7 Å². The molecule has 202 valence electrons. The molecular weight excluding hydrogens is 498 g/mol. The molecule has 2 aliphatic heterocycles. The first-order chi connectivity index (χ1) is 18.8. The van der Waals surface area contributed by atoms with Gasteiger partial charge in [-0.15, -0.1) is 0 Å². The number of azide groups is 1. The van der Waals surface area contributed by atoms with E-state index in [0.29, 0.717) is 0 Å². The van der Waals surface area contributed by atoms with E-state index in [1.165, 1.54) is 6.92 Å². The van der Waals surface area contributed by atoms with Crippen LogP contribution in [0.25, 0.3) is 10.4 Å². The van der Waals surface area contributed by atoms with Crippen molar-refractivity contribution in [3.05, 3.63) is 118 Å². The van der Waals surface area contributed by atoms with Crippen molar-refractivity contribution in [3.63, 3.8) is 0 Å². The number of benzene rings is 3. The Hall–Kier alpha value is -3.72. The molecule has 2 heterocycles. The van der Waals surface area contributed by atoms with E-state index >= 15 is 0 Å². The zero-order valence-corrected chi connectivity index (χ0v) is 22.0. The van der Waals surface area contributed by atoms with Crippen LogP contribution in [0, 0.1) is 0 Å². The van der Waals surface area contributed by atoms with Gasteiger partial charge in [-0.3, -0.25) is 4.79 Å². The maximum atomic E-state index is 12.0. The van der Waals surface area contributed by atoms with Crippen molar-refractivity contribution in [2.45, 2.75) is 62.8 Å². The summed E-state index contributed by atoms with van der Waals surface area (Å²) in [5.41, 5.74) is 11.2. The zero-order chi connectivity index (χ0) is 27.5. The number of nitrogens with zero attached hydrogens (tertiary/aromatic N) is 3. The molecule has 0 spiro atoms. The molecule has 0 bridgehead atoms. The first-order valence-corrected chi connectivity index (χ1v) is 12.9. The highest BCUT2D eigenvalue weighted by Gasteiger charge is 2.58. The molecule has 5 atom stereocenters. The summed E-state index contributed by atoms with van der Waals surface area (Å²) in [6, 6.07) is 28.7. The maximum Gasteiger partial charge on any atom is 0.303 e. The Balaban J connectivity index is 1.54. The van der Waals surface area contributed by atoms with Crippen molar-refractivity contribution >= 4 is 5.97 Å². The molecule has 0 radical (unpaired) electrons. The van der Waals surface area contributed by atoms with Gasteiger partial charge < -0.3 is 23.7 Å². The molecule has 3 aromatic carbocycles. The second-order valence-electron chi connectivity index (χ2n) is 10.0. The first-order valence-electron chi connectivity index (χ1n) is 12.9. The number of ether oxygens (including phenoxy) is 5. The SMILES string of the molecule is CC(=O)O[C@H]1[C@H]([C@@H](COC(c2ccccc2)(c2ccccc2)c2ccccc2)N=[N+]=[N-])O[C@@H]2OC(C)(C)O[C@@H]21. The van der Waals surface area contributed by atoms with Gasteiger partial charge in [-0.05, 0) is 36.1 Å². The van der Waals surface area contributed by atoms with Gasteiger partial charge in [0.2, 0.25) is 0 Å². The van der Waals surface area contributed by atoms with Crippen molar-refractivity contribution in [1.82, 2.24) is 0 Å². The highest BCUT2D eigenvalue weighted by atomic mass is 16.8. The summed E-state index contributed by atoms with van der Waals surface area (Å²) < 4.78 is 30.5. The number of fused-ring (bicyclic) bond motifs is 1. The van der Waals surface area contributed by atoms with E-state index in [1.807, 2.05) is 91.0 Å². The number of hydrogen-bond acceptors (Lipinski definition) is 7. The van der Waals surface area contributed by atoms with Crippen LogP contribution in [0.2, 0.25) is 0 Å². The molecule has 2 saturated heterocycles. The Morgan fingerprint density at radius 2 is 1.46 bits per heavy atom. The van der Waals surface area contributed by atoms with Crippen LogP contribution in [0.4, 0.5) is 0 Å². The lowest BCUT2D eigenvalue weighted by Gasteiger charge is -2.37. The van der Waals surface area contributed by atoms with Crippen molar-refractivity contribution in [3.8, 4) is 0 Å². The van der Waals surface area contributed by atoms with Gasteiger partial charge in [0.15, 0.2) is 24.3 Å². The van der Waals surface area contributed by atoms with E-state index in [9.17, 15) is 10.3 Å². The lowest BCUT2D eigenvalue weighted by molar-refractivity contribution is -0.222. The lowest BCUT2D eigenvalue weighted by atomic mass is 9.80. The van der Waals surface area contributed by atoms with Crippen LogP contribution >= 0.6 is 0 Å². The molecule has 0 N–H and O–H groups in total. The minimum atomic E-state index is -1.03. The van der Waals surface area contributed by atoms with Crippen LogP contribution in [-0.2, 0) is 34.1 Å². The quantitative estimate of drug-likeness (QED) is 0.119. The minimum absolute atomic E-state index is 0.0476. The fourth-order valence-electron chi connectivity index (χ4n) is 5.38. The van der Waals surface area contributed by atoms with Gasteiger partial charge in [-0.1, -0.05) is 96.1 Å². The van der Waals surface area contributed by atoms with Crippen LogP contribution in [0.1, 0.15) is 37.5 Å². The van der Waals surface area contributed by atoms with Crippen LogP contribution < -0.4 is 0 Å². The predicted octanol–water partition coefficient (Wildman–Crippen LogP) is 5.48. The Kier molecular flexibility index (Phi) is 7.70. The summed E-state index contributed by atoms with van der Waals surface area (Å²) in [5.74, 6) is -1.41. The van der Waals surface area contributed by atoms with Crippen LogP contribution in [-0.4, -0.2) is 49.0 Å². The molecule has 0 amide bonds. The predicted molar refractivity (Wildman–Crippen MR) is 142 cm³/mol. The molecule has 2 aliphatic rings. The van der Waals surface area contributed by atoms with Gasteiger partial charge >= 0.3 is 5.97 Å². The Morgan fingerprint density at radius 3 is 1.92 bits per heavy atom. The normalized spacial score (nSPS) is 24.4. The average molecular weight is 530 g/mol. The number of hydrogen-bond donors (Lipinski definition) is 0. The van der Waals surface area contributed by atoms with Gasteiger partial charge in [0.25, 0.3) is 0 Å². The summed E-state index contributed by atoms with van der Waals surface area (Å²) in [6.45, 7) is 4.79. The minimum Gasteiger partial charge on any atom is -0.457 e. The fraction of sp³-hybridized carbons (Fsp3) is 0.367. The van der Waals surface area contributed by atoms with Gasteiger partial charge in [-0.2, -0.15) is 0 Å². The average Bonchev–Trinajstić information content (AvgIpc) is 3.41. The molecule has 9 heteroatoms. The molecule has 5 rings (SSSR count). The molecular formula is C30H31N3O6. The summed E-state index contributed by atoms with van der Waals surface area (Å²) in [5, 5.41) is 4.04. The molecule has 0 unspecified atom stereocenters. The third kappa shape index (κ3) is 5.41. The third-order valence-corrected chi connectivity index (χ3v) is 6.92. The topological polar surface area (TPSA) is 112 Å². The van der Waals surface area contributed by atoms with Gasteiger partial charge in [0.05, 0.1) is 12.6 Å². The zero-order valence-electron chi connectivity index (χ0n) is 22.0. The standard InChI is InChI=1S/C30H31N3O6/c1-20(34)36-26-25(37-28-27(26)38-29(2,3)39-28)24(32-33-31)19-35-30(21-13-7-4-8-14-21,22-15-9-5-10-16-22)23-17-11-6-12-18-23/h4-18,24-28H,19H2,1-3H3/t24-,25+,26+,27-,28-/m1/s1. The molecule has 39 heavy (non-hydrogen) atoms. The van der Waals surface area contributed by atoms with E-state index in [1.54, 1.807) is 13.8 Å². The molecule has 3 aromatic rings. The monoisotopic (exact) mass is 529 g/mol. The first kappa shape index (κ1) is 26.9. The highest BCUT2D eigenvalue weighted by Crippen LogP contribution is 2.43. The van der Waals surface area contributed by atoms with Crippen LogP contribution in [0.3, 0.4) is 0 Å². The second kappa shape index (κ2) is 11.2. The molecule has 0 saturated carbocycles. The lowest BCUT2D eigenvalue weighted by Crippen LogP contribution is -2.46. The summed E-state index contributed by atoms with van der Waals surface area (Å²) in [7, 11) is 0. The van der Waals surface area contributed by atoms with Crippen LogP contribution in [0.5, 0.6) is 0 Å². The highest BCUT2D eigenvalue weighted by molar-refractivity contribution is 5.66. The van der Waals surface area contributed by atoms with E-state index in [4.69, 9.17) is 23.7 Å². The summed E-state index contributed by atoms with van der Waals surface area (Å²) >= 11 is 0. The Bertz CT molecular complexity index is 1220. The van der Waals surface area contributed by atoms with Gasteiger partial charge in [0, 0.05) is 11.8 Å². The van der Waals surface area contributed by atoms with E-state index < -0.39 is 48.0 Å². The maximum absolute atomic E-state index is 12.0. The van der Waals surface area contributed by atoms with Crippen molar-refractivity contribution < 1.29 is 28.5 Å². The smallest absolute Gasteiger partial charge is 0.303 e. The van der Waals surface area contributed by atoms with E-state index in [2.05, 4.69) is 10.0 Å². The number of esters is 1. The molecule has 0 aliphatic carbocycles. The van der Waals surface area contributed by atoms with Crippen molar-refractivity contribution in [2.75, 3.05) is 6.61 Å². The van der Waals surface area contributed by atoms with Crippen molar-refractivity contribution in [1.29, 1.82) is 0 Å². The van der Waals surface area contributed by atoms with E-state index in [0.717, 1.165) is 16.7 Å². The number of rotatable bonds is 9. The molecule has 9 nitrogen and oxygen atoms in total. The Morgan fingerprint density at radius 1 is 0.949 bits per heavy atom. The Labute approximate surface area is 227 Å². The summed E-state index contributed by atoms with van der Waals surface area (Å²) in [4.78, 5) is 15.1. The van der Waals surface area contributed by atoms with Gasteiger partial charge in [-0.25, -0.2) is 0 Å². The fourth-order valence-corrected chi connectivity index (χ4v) is 5.38. The second-order valence-corrected chi connectivity index (χ2v) is 10.0. The molecule has 2 fully saturated rings.